The Balaban J connectivity index is 3.50. The zero-order chi connectivity index (χ0) is 45.1. The molecule has 3 N–H and O–H groups in total. The van der Waals surface area contributed by atoms with Gasteiger partial charge in [-0.15, -0.1) is 0 Å². The standard InChI is InChI=1S/C56H109NO5/c1-3-5-7-9-11-13-15-16-17-18-19-20-21-22-23-24-25-26-27-29-32-36-40-44-48-54(59)53(52-58)57-55(60)49-45-41-37-33-30-31-35-39-43-47-51-62-56(61)50-46-42-38-34-28-14-12-10-8-6-4-2/h31,35,53-54,58-59H,3-30,32-34,36-52H2,1-2H3,(H,57,60)/b35-31-. The largest absolute Gasteiger partial charge is 0.466 e. The molecule has 0 aliphatic rings. The molecule has 0 aromatic rings. The summed E-state index contributed by atoms with van der Waals surface area (Å²) in [7, 11) is 0. The summed E-state index contributed by atoms with van der Waals surface area (Å²) in [6.45, 7) is 4.88. The second kappa shape index (κ2) is 52.2. The Morgan fingerprint density at radius 3 is 1.15 bits per heavy atom. The molecule has 0 aromatic carbocycles. The Bertz CT molecular complexity index is 924. The minimum atomic E-state index is -0.686. The molecule has 6 heteroatoms. The highest BCUT2D eigenvalue weighted by atomic mass is 16.5. The molecule has 0 spiro atoms. The number of aliphatic hydroxyl groups is 2. The third-order valence-corrected chi connectivity index (χ3v) is 13.1. The zero-order valence-corrected chi connectivity index (χ0v) is 41.9. The molecule has 0 saturated heterocycles. The van der Waals surface area contributed by atoms with Crippen LogP contribution in [0.4, 0.5) is 0 Å². The van der Waals surface area contributed by atoms with E-state index < -0.39 is 12.1 Å². The highest BCUT2D eigenvalue weighted by molar-refractivity contribution is 5.76. The van der Waals surface area contributed by atoms with Crippen molar-refractivity contribution in [1.29, 1.82) is 0 Å². The minimum absolute atomic E-state index is 0.0356. The van der Waals surface area contributed by atoms with Crippen LogP contribution in [0.3, 0.4) is 0 Å². The number of aliphatic hydroxyl groups excluding tert-OH is 2. The molecule has 0 rings (SSSR count). The molecule has 0 fully saturated rings. The molecule has 0 aliphatic heterocycles. The van der Waals surface area contributed by atoms with Crippen LogP contribution in [-0.2, 0) is 14.3 Å². The van der Waals surface area contributed by atoms with E-state index in [1.54, 1.807) is 0 Å². The average Bonchev–Trinajstić information content (AvgIpc) is 3.27. The predicted molar refractivity (Wildman–Crippen MR) is 269 cm³/mol. The van der Waals surface area contributed by atoms with Crippen molar-refractivity contribution in [3.8, 4) is 0 Å². The SMILES string of the molecule is CCCCCCCCCCCCCCCCCCCCCCCCCCC(O)C(CO)NC(=O)CCCCCC/C=C\CCCCOC(=O)CCCCCCCCCCCCC. The van der Waals surface area contributed by atoms with Gasteiger partial charge in [0.1, 0.15) is 0 Å². The highest BCUT2D eigenvalue weighted by Gasteiger charge is 2.20. The second-order valence-electron chi connectivity index (χ2n) is 19.3. The fourth-order valence-electron chi connectivity index (χ4n) is 8.75. The monoisotopic (exact) mass is 876 g/mol. The number of rotatable bonds is 52. The van der Waals surface area contributed by atoms with Gasteiger partial charge >= 0.3 is 5.97 Å². The number of carbonyl (C=O) groups is 2. The summed E-state index contributed by atoms with van der Waals surface area (Å²) in [5, 5.41) is 23.3. The number of ether oxygens (including phenoxy) is 1. The van der Waals surface area contributed by atoms with Gasteiger partial charge < -0.3 is 20.3 Å². The molecule has 0 saturated carbocycles. The van der Waals surface area contributed by atoms with Gasteiger partial charge in [0.15, 0.2) is 0 Å². The van der Waals surface area contributed by atoms with Crippen molar-refractivity contribution in [1.82, 2.24) is 5.32 Å². The normalized spacial score (nSPS) is 12.6. The first kappa shape index (κ1) is 60.6. The van der Waals surface area contributed by atoms with Crippen molar-refractivity contribution in [2.24, 2.45) is 0 Å². The summed E-state index contributed by atoms with van der Waals surface area (Å²) in [5.41, 5.74) is 0. The van der Waals surface area contributed by atoms with E-state index >= 15 is 0 Å². The molecule has 62 heavy (non-hydrogen) atoms. The quantitative estimate of drug-likeness (QED) is 0.0321. The summed E-state index contributed by atoms with van der Waals surface area (Å²) >= 11 is 0. The molecule has 0 aliphatic carbocycles. The van der Waals surface area contributed by atoms with Crippen LogP contribution in [0.15, 0.2) is 12.2 Å². The summed E-state index contributed by atoms with van der Waals surface area (Å²) in [5.74, 6) is -0.103. The zero-order valence-electron chi connectivity index (χ0n) is 41.9. The van der Waals surface area contributed by atoms with E-state index in [4.69, 9.17) is 4.74 Å². The van der Waals surface area contributed by atoms with Crippen molar-refractivity contribution >= 4 is 11.9 Å². The fraction of sp³-hybridized carbons (Fsp3) is 0.929. The molecule has 0 bridgehead atoms. The predicted octanol–water partition coefficient (Wildman–Crippen LogP) is 16.9. The van der Waals surface area contributed by atoms with Gasteiger partial charge in [0, 0.05) is 12.8 Å². The van der Waals surface area contributed by atoms with Gasteiger partial charge in [-0.05, 0) is 51.4 Å². The lowest BCUT2D eigenvalue weighted by atomic mass is 10.0. The molecule has 0 aromatic heterocycles. The third-order valence-electron chi connectivity index (χ3n) is 13.1. The van der Waals surface area contributed by atoms with E-state index in [1.807, 2.05) is 0 Å². The molecular weight excluding hydrogens is 767 g/mol. The van der Waals surface area contributed by atoms with E-state index in [0.717, 1.165) is 77.0 Å². The maximum Gasteiger partial charge on any atom is 0.305 e. The Labute approximate surface area is 387 Å². The van der Waals surface area contributed by atoms with Crippen molar-refractivity contribution in [3.05, 3.63) is 12.2 Å². The van der Waals surface area contributed by atoms with Crippen LogP contribution in [0.25, 0.3) is 0 Å². The van der Waals surface area contributed by atoms with E-state index in [2.05, 4.69) is 31.3 Å². The van der Waals surface area contributed by atoms with E-state index in [-0.39, 0.29) is 18.5 Å². The van der Waals surface area contributed by atoms with Crippen LogP contribution in [0, 0.1) is 0 Å². The number of esters is 1. The van der Waals surface area contributed by atoms with Gasteiger partial charge in [-0.2, -0.15) is 0 Å². The van der Waals surface area contributed by atoms with Gasteiger partial charge in [0.2, 0.25) is 5.91 Å². The Hall–Kier alpha value is -1.40. The van der Waals surface area contributed by atoms with Gasteiger partial charge in [-0.1, -0.05) is 257 Å². The first-order chi connectivity index (χ1) is 30.5. The third kappa shape index (κ3) is 48.1. The smallest absolute Gasteiger partial charge is 0.305 e. The summed E-state index contributed by atoms with van der Waals surface area (Å²) in [4.78, 5) is 24.5. The van der Waals surface area contributed by atoms with Crippen LogP contribution >= 0.6 is 0 Å². The topological polar surface area (TPSA) is 95.9 Å². The van der Waals surface area contributed by atoms with Crippen LogP contribution in [0.1, 0.15) is 309 Å². The maximum atomic E-state index is 12.5. The molecule has 2 atom stereocenters. The number of unbranched alkanes of at least 4 members (excludes halogenated alkanes) is 39. The first-order valence-electron chi connectivity index (χ1n) is 27.9. The lowest BCUT2D eigenvalue weighted by molar-refractivity contribution is -0.143. The molecule has 0 heterocycles. The maximum absolute atomic E-state index is 12.5. The molecule has 368 valence electrons. The van der Waals surface area contributed by atoms with Crippen LogP contribution < -0.4 is 5.32 Å². The Morgan fingerprint density at radius 2 is 0.758 bits per heavy atom. The molecule has 0 radical (unpaired) electrons. The number of allylic oxidation sites excluding steroid dienone is 2. The van der Waals surface area contributed by atoms with Crippen molar-refractivity contribution < 1.29 is 24.5 Å². The van der Waals surface area contributed by atoms with Crippen LogP contribution in [-0.4, -0.2) is 47.4 Å². The Morgan fingerprint density at radius 1 is 0.435 bits per heavy atom. The van der Waals surface area contributed by atoms with Crippen LogP contribution in [0.2, 0.25) is 0 Å². The van der Waals surface area contributed by atoms with E-state index in [0.29, 0.717) is 25.9 Å². The van der Waals surface area contributed by atoms with Gasteiger partial charge in [-0.25, -0.2) is 0 Å². The number of nitrogens with one attached hydrogen (secondary N) is 1. The van der Waals surface area contributed by atoms with Crippen molar-refractivity contribution in [3.63, 3.8) is 0 Å². The number of amides is 1. The summed E-state index contributed by atoms with van der Waals surface area (Å²) in [6.07, 6.45) is 60.6. The molecule has 6 nitrogen and oxygen atoms in total. The highest BCUT2D eigenvalue weighted by Crippen LogP contribution is 2.17. The van der Waals surface area contributed by atoms with Gasteiger partial charge in [-0.3, -0.25) is 9.59 Å². The molecule has 2 unspecified atom stereocenters. The molecular formula is C56H109NO5. The minimum Gasteiger partial charge on any atom is -0.466 e. The van der Waals surface area contributed by atoms with Crippen LogP contribution in [0.5, 0.6) is 0 Å². The lowest BCUT2D eigenvalue weighted by Crippen LogP contribution is -2.45. The second-order valence-corrected chi connectivity index (χ2v) is 19.3. The van der Waals surface area contributed by atoms with Gasteiger partial charge in [0.05, 0.1) is 25.4 Å². The summed E-state index contributed by atoms with van der Waals surface area (Å²) < 4.78 is 5.42. The lowest BCUT2D eigenvalue weighted by Gasteiger charge is -2.22. The van der Waals surface area contributed by atoms with Crippen molar-refractivity contribution in [2.75, 3.05) is 13.2 Å². The van der Waals surface area contributed by atoms with E-state index in [9.17, 15) is 19.8 Å². The van der Waals surface area contributed by atoms with Crippen molar-refractivity contribution in [2.45, 2.75) is 321 Å². The number of hydrogen-bond acceptors (Lipinski definition) is 5. The number of carbonyl (C=O) groups excluding carboxylic acids is 2. The first-order valence-corrected chi connectivity index (χ1v) is 27.9. The van der Waals surface area contributed by atoms with E-state index in [1.165, 1.54) is 199 Å². The Kier molecular flexibility index (Phi) is 51.0. The fourth-order valence-corrected chi connectivity index (χ4v) is 8.75. The number of hydrogen-bond donors (Lipinski definition) is 3. The van der Waals surface area contributed by atoms with Gasteiger partial charge in [0.25, 0.3) is 0 Å². The average molecular weight is 876 g/mol. The molecule has 1 amide bonds. The summed E-state index contributed by atoms with van der Waals surface area (Å²) in [6, 6.07) is -0.566.